The molecule has 0 aliphatic carbocycles. The van der Waals surface area contributed by atoms with Gasteiger partial charge in [0.1, 0.15) is 35.7 Å². The van der Waals surface area contributed by atoms with Crippen molar-refractivity contribution in [2.24, 2.45) is 5.73 Å². The number of nitrogens with two attached hydrogens (primary N) is 1. The molecule has 0 unspecified atom stereocenters. The summed E-state index contributed by atoms with van der Waals surface area (Å²) in [6, 6.07) is 17.0. The maximum absolute atomic E-state index is 14.5. The molecular weight excluding hydrogens is 776 g/mol. The van der Waals surface area contributed by atoms with E-state index in [0.717, 1.165) is 16.0 Å². The number of carbonyl (C=O) groups excluding carboxylic acids is 6. The van der Waals surface area contributed by atoms with Crippen molar-refractivity contribution in [3.05, 3.63) is 107 Å². The fourth-order valence-electron chi connectivity index (χ4n) is 6.75. The number of amides is 5. The van der Waals surface area contributed by atoms with Gasteiger partial charge in [-0.15, -0.1) is 0 Å². The van der Waals surface area contributed by atoms with Gasteiger partial charge in [0.25, 0.3) is 5.91 Å². The van der Waals surface area contributed by atoms with Gasteiger partial charge in [0, 0.05) is 35.2 Å². The van der Waals surface area contributed by atoms with Crippen LogP contribution in [0.25, 0.3) is 22.3 Å². The van der Waals surface area contributed by atoms with Crippen molar-refractivity contribution in [2.45, 2.75) is 76.7 Å². The number of hydrogen-bond acceptors (Lipinski definition) is 9. The number of benzene rings is 4. The quantitative estimate of drug-likeness (QED) is 0.102. The molecule has 15 heteroatoms. The molecule has 4 aromatic carbocycles. The van der Waals surface area contributed by atoms with Crippen molar-refractivity contribution in [1.29, 1.82) is 0 Å². The number of unbranched alkanes of at least 4 members (excludes halogenated alkanes) is 1. The van der Waals surface area contributed by atoms with Gasteiger partial charge in [-0.2, -0.15) is 0 Å². The van der Waals surface area contributed by atoms with E-state index >= 15 is 0 Å². The Morgan fingerprint density at radius 1 is 0.847 bits per heavy atom. The largest absolute Gasteiger partial charge is 0.507 e. The summed E-state index contributed by atoms with van der Waals surface area (Å²) < 4.78 is 0. The Bertz CT molecular complexity index is 2210. The Kier molecular flexibility index (Phi) is 14.5. The predicted octanol–water partition coefficient (Wildman–Crippen LogP) is 4.15. The summed E-state index contributed by atoms with van der Waals surface area (Å²) in [7, 11) is 1.39. The van der Waals surface area contributed by atoms with Crippen molar-refractivity contribution >= 4 is 46.9 Å². The molecule has 4 aromatic rings. The normalized spacial score (nSPS) is 17.6. The molecule has 1 heterocycles. The fraction of sp³-hybridized carbons (Fsp3) is 0.318. The first-order chi connectivity index (χ1) is 28.1. The Hall–Kier alpha value is -6.25. The van der Waals surface area contributed by atoms with Crippen molar-refractivity contribution in [3.63, 3.8) is 0 Å². The highest BCUT2D eigenvalue weighted by Crippen LogP contribution is 2.39. The minimum Gasteiger partial charge on any atom is -0.507 e. The second kappa shape index (κ2) is 19.5. The van der Waals surface area contributed by atoms with E-state index in [0.29, 0.717) is 35.5 Å². The smallest absolute Gasteiger partial charge is 0.251 e. The van der Waals surface area contributed by atoms with E-state index in [2.05, 4.69) is 21.3 Å². The molecular formula is C44H49ClN6O8. The summed E-state index contributed by atoms with van der Waals surface area (Å²) in [6.07, 6.45) is 1.16. The van der Waals surface area contributed by atoms with Crippen LogP contribution in [0.5, 0.6) is 11.5 Å². The van der Waals surface area contributed by atoms with Gasteiger partial charge in [-0.25, -0.2) is 0 Å². The number of nitrogens with one attached hydrogen (secondary N) is 4. The number of phenolic OH excluding ortho intramolecular Hbond substituents is 2. The number of fused-ring (bicyclic) bond motifs is 5. The number of phenols is 2. The lowest BCUT2D eigenvalue weighted by atomic mass is 9.93. The topological polar surface area (TPSA) is 220 Å². The molecule has 0 spiro atoms. The molecule has 59 heavy (non-hydrogen) atoms. The second-order valence-electron chi connectivity index (χ2n) is 14.7. The lowest BCUT2D eigenvalue weighted by Crippen LogP contribution is -2.56. The maximum atomic E-state index is 14.5. The van der Waals surface area contributed by atoms with Crippen LogP contribution in [0, 0.1) is 0 Å². The number of hydrogen-bond donors (Lipinski definition) is 7. The van der Waals surface area contributed by atoms with Crippen LogP contribution in [0.4, 0.5) is 0 Å². The van der Waals surface area contributed by atoms with Gasteiger partial charge in [0.15, 0.2) is 5.78 Å². The van der Waals surface area contributed by atoms with Gasteiger partial charge in [0.2, 0.25) is 23.6 Å². The summed E-state index contributed by atoms with van der Waals surface area (Å²) in [5.41, 5.74) is 8.80. The standard InChI is InChI=1S/C44H49ClN6O8/c1-24(26(3)52)47-42(57)36-22-27-8-18-37(53)33(21-27)34-23-31(15-19-38(34)54)39(43(58)48-25(2)40(55)50-36)51(4)44(59)35(7-5-6-20-46)49-41(56)30-11-9-28(10-12-30)29-13-16-32(45)17-14-29/h8-19,21,23-25,35-36,39,53-54H,5-7,20,22,46H2,1-4H3,(H,47,57)(H,48,58)(H,49,56)(H,50,55)/t24-,25-,35-,36-,39-/m0/s1. The first-order valence-electron chi connectivity index (χ1n) is 19.3. The SMILES string of the molecule is CC(=O)[C@H](C)NC(=O)[C@@H]1Cc2ccc(O)c(c2)-c2cc(ccc2O)[C@H](N(C)C(=O)[C@H](CCCCN)NC(=O)c2ccc(-c3ccc(Cl)cc3)cc2)C(=O)N[C@@H](C)C(=O)N1. The van der Waals surface area contributed by atoms with E-state index in [1.54, 1.807) is 48.5 Å². The molecule has 0 fully saturated rings. The highest BCUT2D eigenvalue weighted by atomic mass is 35.5. The van der Waals surface area contributed by atoms with Crippen LogP contribution in [-0.2, 0) is 30.4 Å². The number of Topliss-reactive ketones (excluding diaryl/α,β-unsaturated/α-hetero) is 1. The van der Waals surface area contributed by atoms with Crippen LogP contribution in [0.2, 0.25) is 5.02 Å². The predicted molar refractivity (Wildman–Crippen MR) is 223 cm³/mol. The molecule has 0 radical (unpaired) electrons. The van der Waals surface area contributed by atoms with E-state index in [9.17, 15) is 39.0 Å². The number of nitrogens with zero attached hydrogens (tertiary/aromatic N) is 1. The number of aromatic hydroxyl groups is 2. The van der Waals surface area contributed by atoms with Crippen molar-refractivity contribution in [1.82, 2.24) is 26.2 Å². The van der Waals surface area contributed by atoms with E-state index in [1.807, 2.05) is 12.1 Å². The molecule has 14 nitrogen and oxygen atoms in total. The van der Waals surface area contributed by atoms with Crippen LogP contribution in [0.1, 0.15) is 67.6 Å². The van der Waals surface area contributed by atoms with E-state index < -0.39 is 59.7 Å². The van der Waals surface area contributed by atoms with Crippen LogP contribution in [0.3, 0.4) is 0 Å². The van der Waals surface area contributed by atoms with Crippen LogP contribution >= 0.6 is 11.6 Å². The first kappa shape index (κ1) is 43.9. The summed E-state index contributed by atoms with van der Waals surface area (Å²) in [5, 5.41) is 33.4. The van der Waals surface area contributed by atoms with Crippen molar-refractivity contribution in [2.75, 3.05) is 13.6 Å². The third-order valence-electron chi connectivity index (χ3n) is 10.3. The highest BCUT2D eigenvalue weighted by Gasteiger charge is 2.36. The molecule has 8 N–H and O–H groups in total. The van der Waals surface area contributed by atoms with E-state index in [1.165, 1.54) is 52.1 Å². The summed E-state index contributed by atoms with van der Waals surface area (Å²) in [6.45, 7) is 4.59. The van der Waals surface area contributed by atoms with Gasteiger partial charge >= 0.3 is 0 Å². The average Bonchev–Trinajstić information content (AvgIpc) is 3.21. The molecule has 5 amide bonds. The zero-order valence-corrected chi connectivity index (χ0v) is 34.0. The number of rotatable bonds is 12. The Morgan fingerprint density at radius 2 is 1.46 bits per heavy atom. The molecule has 5 rings (SSSR count). The Morgan fingerprint density at radius 3 is 2.08 bits per heavy atom. The first-order valence-corrected chi connectivity index (χ1v) is 19.7. The molecule has 0 saturated carbocycles. The minimum absolute atomic E-state index is 0.0692. The summed E-state index contributed by atoms with van der Waals surface area (Å²) in [5.74, 6) is -4.09. The monoisotopic (exact) mass is 824 g/mol. The fourth-order valence-corrected chi connectivity index (χ4v) is 6.88. The Labute approximate surface area is 347 Å². The van der Waals surface area contributed by atoms with Crippen molar-refractivity contribution in [3.8, 4) is 33.8 Å². The molecule has 0 saturated heterocycles. The molecule has 1 aliphatic heterocycles. The summed E-state index contributed by atoms with van der Waals surface area (Å²) in [4.78, 5) is 82.6. The van der Waals surface area contributed by atoms with Crippen molar-refractivity contribution < 1.29 is 39.0 Å². The molecule has 4 bridgehead atoms. The third-order valence-corrected chi connectivity index (χ3v) is 10.6. The second-order valence-corrected chi connectivity index (χ2v) is 15.1. The number of carbonyl (C=O) groups is 6. The molecule has 310 valence electrons. The van der Waals surface area contributed by atoms with Gasteiger partial charge in [0.05, 0.1) is 6.04 Å². The Balaban J connectivity index is 1.50. The van der Waals surface area contributed by atoms with Crippen LogP contribution in [0.15, 0.2) is 84.9 Å². The zero-order valence-electron chi connectivity index (χ0n) is 33.3. The number of ketones is 1. The third kappa shape index (κ3) is 10.8. The van der Waals surface area contributed by atoms with E-state index in [-0.39, 0.29) is 46.8 Å². The zero-order chi connectivity index (χ0) is 43.0. The van der Waals surface area contributed by atoms with Gasteiger partial charge in [-0.05, 0) is 117 Å². The lowest BCUT2D eigenvalue weighted by Gasteiger charge is -2.32. The highest BCUT2D eigenvalue weighted by molar-refractivity contribution is 6.30. The lowest BCUT2D eigenvalue weighted by molar-refractivity contribution is -0.141. The van der Waals surface area contributed by atoms with Gasteiger partial charge in [-0.3, -0.25) is 28.8 Å². The molecule has 0 aromatic heterocycles. The van der Waals surface area contributed by atoms with Gasteiger partial charge in [-0.1, -0.05) is 48.0 Å². The molecule has 5 atom stereocenters. The van der Waals surface area contributed by atoms with Crippen LogP contribution < -0.4 is 27.0 Å². The summed E-state index contributed by atoms with van der Waals surface area (Å²) >= 11 is 6.04. The van der Waals surface area contributed by atoms with Crippen LogP contribution in [-0.4, -0.2) is 88.2 Å². The number of halogens is 1. The van der Waals surface area contributed by atoms with Gasteiger partial charge < -0.3 is 42.1 Å². The van der Waals surface area contributed by atoms with E-state index in [4.69, 9.17) is 17.3 Å². The minimum atomic E-state index is -1.42. The molecule has 1 aliphatic rings. The average molecular weight is 825 g/mol. The maximum Gasteiger partial charge on any atom is 0.251 e. The number of likely N-dealkylation sites (N-methyl/N-ethyl adjacent to an activating group) is 1.